The Morgan fingerprint density at radius 3 is 1.69 bits per heavy atom. The molecule has 4 heterocycles. The van der Waals surface area contributed by atoms with E-state index < -0.39 is 0 Å². The summed E-state index contributed by atoms with van der Waals surface area (Å²) in [4.78, 5) is 25.4. The van der Waals surface area contributed by atoms with Gasteiger partial charge in [0.15, 0.2) is 0 Å². The Kier molecular flexibility index (Phi) is 5.78. The van der Waals surface area contributed by atoms with E-state index in [1.54, 1.807) is 12.4 Å². The summed E-state index contributed by atoms with van der Waals surface area (Å²) in [5, 5.41) is -0.146. The molecule has 1 aliphatic heterocycles. The third-order valence-corrected chi connectivity index (χ3v) is 4.84. The number of benzene rings is 1. The van der Waals surface area contributed by atoms with E-state index in [-0.39, 0.29) is 27.8 Å². The number of hydrogen-bond acceptors (Lipinski definition) is 4. The zero-order chi connectivity index (χ0) is 18.9. The van der Waals surface area contributed by atoms with Crippen molar-refractivity contribution < 1.29 is 22.4 Å². The zero-order valence-corrected chi connectivity index (χ0v) is 18.2. The van der Waals surface area contributed by atoms with Gasteiger partial charge in [-0.05, 0) is 36.4 Å². The molecule has 29 heavy (non-hydrogen) atoms. The molecule has 6 nitrogen and oxygen atoms in total. The fraction of sp³-hybridized carbons (Fsp3) is 0.143. The summed E-state index contributed by atoms with van der Waals surface area (Å²) in [5.41, 5.74) is 6.83. The first-order chi connectivity index (χ1) is 13.8. The van der Waals surface area contributed by atoms with Crippen molar-refractivity contribution in [1.82, 2.24) is 19.9 Å². The SMILES string of the molecule is ClC1CN=Cc2ccc([nH]2)-c2nc3ccccc3nc2-c2ccc([nH]2)C=NC1.[Au+3]. The summed E-state index contributed by atoms with van der Waals surface area (Å²) in [6.45, 7) is 1.01. The largest absolute Gasteiger partial charge is 3.00 e. The van der Waals surface area contributed by atoms with Crippen molar-refractivity contribution in [3.8, 4) is 22.8 Å². The Hall–Kier alpha value is -2.51. The van der Waals surface area contributed by atoms with Crippen LogP contribution >= 0.6 is 11.6 Å². The quantitative estimate of drug-likeness (QED) is 0.241. The normalized spacial score (nSPS) is 16.0. The smallest absolute Gasteiger partial charge is 0.352 e. The predicted octanol–water partition coefficient (Wildman–Crippen LogP) is 4.08. The molecule has 5 rings (SSSR count). The summed E-state index contributed by atoms with van der Waals surface area (Å²) >= 11 is 6.30. The molecule has 0 radical (unpaired) electrons. The van der Waals surface area contributed by atoms with Gasteiger partial charge in [-0.3, -0.25) is 9.98 Å². The van der Waals surface area contributed by atoms with Gasteiger partial charge in [0, 0.05) is 12.4 Å². The molecule has 2 N–H and O–H groups in total. The Morgan fingerprint density at radius 2 is 1.21 bits per heavy atom. The second-order valence-corrected chi connectivity index (χ2v) is 7.27. The number of hydrogen-bond donors (Lipinski definition) is 2. The molecule has 4 bridgehead atoms. The molecule has 0 unspecified atom stereocenters. The van der Waals surface area contributed by atoms with Crippen LogP contribution in [-0.4, -0.2) is 50.8 Å². The zero-order valence-electron chi connectivity index (χ0n) is 15.2. The van der Waals surface area contributed by atoms with Crippen molar-refractivity contribution in [3.63, 3.8) is 0 Å². The third-order valence-electron chi connectivity index (χ3n) is 4.57. The average molecular weight is 586 g/mol. The topological polar surface area (TPSA) is 82.1 Å². The molecule has 146 valence electrons. The van der Waals surface area contributed by atoms with Gasteiger partial charge >= 0.3 is 22.4 Å². The second-order valence-electron chi connectivity index (χ2n) is 6.65. The Labute approximate surface area is 188 Å². The molecule has 3 aromatic heterocycles. The maximum Gasteiger partial charge on any atom is 3.00 e. The minimum Gasteiger partial charge on any atom is -0.352 e. The number of para-hydroxylation sites is 2. The molecule has 1 aromatic carbocycles. The molecule has 4 aromatic rings. The number of fused-ring (bicyclic) bond motifs is 8. The van der Waals surface area contributed by atoms with Crippen LogP contribution in [0.15, 0.2) is 58.5 Å². The standard InChI is InChI=1S/C21H17ClN6.Au/c22-13-9-23-11-14-5-7-18(25-14)20-21(19-8-6-15(26-19)12-24-10-13)28-17-4-2-1-3-16(17)27-20;/h1-8,11-13,25-26H,9-10H2;/q;+3. The minimum absolute atomic E-state index is 0. The number of rotatable bonds is 0. The average Bonchev–Trinajstić information content (AvgIpc) is 3.36. The number of aromatic nitrogens is 4. The molecule has 0 saturated heterocycles. The van der Waals surface area contributed by atoms with Gasteiger partial charge in [-0.25, -0.2) is 9.97 Å². The van der Waals surface area contributed by atoms with Gasteiger partial charge in [0.1, 0.15) is 11.4 Å². The Morgan fingerprint density at radius 1 is 0.724 bits per heavy atom. The molecule has 1 aliphatic rings. The number of aliphatic imine (C=N–C) groups is 2. The summed E-state index contributed by atoms with van der Waals surface area (Å²) in [6, 6.07) is 15.8. The van der Waals surface area contributed by atoms with Crippen LogP contribution in [0.1, 0.15) is 11.4 Å². The van der Waals surface area contributed by atoms with Crippen LogP contribution in [0.25, 0.3) is 33.8 Å². The summed E-state index contributed by atoms with van der Waals surface area (Å²) in [7, 11) is 0. The molecular weight excluding hydrogens is 569 g/mol. The van der Waals surface area contributed by atoms with Gasteiger partial charge in [-0.2, -0.15) is 0 Å². The summed E-state index contributed by atoms with van der Waals surface area (Å²) < 4.78 is 0. The monoisotopic (exact) mass is 585 g/mol. The van der Waals surface area contributed by atoms with E-state index in [1.807, 2.05) is 48.5 Å². The van der Waals surface area contributed by atoms with Crippen molar-refractivity contribution in [2.24, 2.45) is 9.98 Å². The number of nitrogens with one attached hydrogen (secondary N) is 2. The van der Waals surface area contributed by atoms with E-state index >= 15 is 0 Å². The van der Waals surface area contributed by atoms with Crippen LogP contribution in [-0.2, 0) is 22.4 Å². The van der Waals surface area contributed by atoms with Gasteiger partial charge < -0.3 is 9.97 Å². The fourth-order valence-electron chi connectivity index (χ4n) is 3.22. The van der Waals surface area contributed by atoms with Gasteiger partial charge in [-0.1, -0.05) is 12.1 Å². The van der Waals surface area contributed by atoms with Crippen molar-refractivity contribution in [1.29, 1.82) is 0 Å². The van der Waals surface area contributed by atoms with E-state index in [9.17, 15) is 0 Å². The van der Waals surface area contributed by atoms with Gasteiger partial charge in [0.25, 0.3) is 0 Å². The van der Waals surface area contributed by atoms with Gasteiger partial charge in [0.05, 0.1) is 52.3 Å². The Balaban J connectivity index is 0.00000205. The van der Waals surface area contributed by atoms with E-state index in [1.165, 1.54) is 0 Å². The summed E-state index contributed by atoms with van der Waals surface area (Å²) in [5.74, 6) is 0. The van der Waals surface area contributed by atoms with Crippen LogP contribution in [0.2, 0.25) is 0 Å². The first-order valence-electron chi connectivity index (χ1n) is 9.05. The fourth-order valence-corrected chi connectivity index (χ4v) is 3.37. The number of halogens is 1. The maximum absolute atomic E-state index is 6.30. The molecule has 0 fully saturated rings. The number of alkyl halides is 1. The van der Waals surface area contributed by atoms with Crippen LogP contribution in [0.4, 0.5) is 0 Å². The number of nitrogens with zero attached hydrogens (tertiary/aromatic N) is 4. The van der Waals surface area contributed by atoms with Gasteiger partial charge in [-0.15, -0.1) is 11.6 Å². The molecule has 0 atom stereocenters. The Bertz CT molecular complexity index is 1120. The minimum atomic E-state index is -0.146. The summed E-state index contributed by atoms with van der Waals surface area (Å²) in [6.07, 6.45) is 3.59. The van der Waals surface area contributed by atoms with Crippen LogP contribution in [0.3, 0.4) is 0 Å². The van der Waals surface area contributed by atoms with E-state index in [2.05, 4.69) is 20.0 Å². The van der Waals surface area contributed by atoms with Crippen LogP contribution < -0.4 is 0 Å². The van der Waals surface area contributed by atoms with E-state index in [0.29, 0.717) is 13.1 Å². The van der Waals surface area contributed by atoms with Crippen molar-refractivity contribution >= 4 is 35.1 Å². The van der Waals surface area contributed by atoms with Crippen molar-refractivity contribution in [2.75, 3.05) is 13.1 Å². The number of H-pyrrole nitrogens is 2. The molecule has 0 aliphatic carbocycles. The second kappa shape index (κ2) is 8.47. The van der Waals surface area contributed by atoms with E-state index in [0.717, 1.165) is 45.2 Å². The molecular formula is C21H17AuClN6+3. The third kappa shape index (κ3) is 4.11. The van der Waals surface area contributed by atoms with Crippen LogP contribution in [0.5, 0.6) is 0 Å². The predicted molar refractivity (Wildman–Crippen MR) is 114 cm³/mol. The first kappa shape index (κ1) is 19.8. The van der Waals surface area contributed by atoms with Crippen LogP contribution in [0, 0.1) is 0 Å². The molecule has 0 spiro atoms. The first-order valence-corrected chi connectivity index (χ1v) is 9.49. The number of aromatic amines is 2. The molecule has 0 amide bonds. The van der Waals surface area contributed by atoms with Crippen molar-refractivity contribution in [2.45, 2.75) is 5.38 Å². The molecule has 0 saturated carbocycles. The molecule has 8 heteroatoms. The van der Waals surface area contributed by atoms with E-state index in [4.69, 9.17) is 21.6 Å². The van der Waals surface area contributed by atoms with Gasteiger partial charge in [0.2, 0.25) is 0 Å². The van der Waals surface area contributed by atoms with Crippen molar-refractivity contribution in [3.05, 3.63) is 59.9 Å². The maximum atomic E-state index is 6.30.